The summed E-state index contributed by atoms with van der Waals surface area (Å²) in [5.41, 5.74) is 1.62. The van der Waals surface area contributed by atoms with Crippen LogP contribution in [0.2, 0.25) is 0 Å². The Morgan fingerprint density at radius 1 is 0.547 bits per heavy atom. The van der Waals surface area contributed by atoms with E-state index in [0.29, 0.717) is 18.7 Å². The van der Waals surface area contributed by atoms with E-state index in [0.717, 1.165) is 81.0 Å². The van der Waals surface area contributed by atoms with Crippen molar-refractivity contribution in [2.24, 2.45) is 4.99 Å². The molecule has 53 heavy (non-hydrogen) atoms. The van der Waals surface area contributed by atoms with Gasteiger partial charge in [0.2, 0.25) is 11.9 Å². The van der Waals surface area contributed by atoms with E-state index in [-0.39, 0.29) is 18.0 Å². The van der Waals surface area contributed by atoms with Crippen LogP contribution < -0.4 is 21.3 Å². The van der Waals surface area contributed by atoms with Crippen molar-refractivity contribution in [3.05, 3.63) is 59.7 Å². The third-order valence-corrected chi connectivity index (χ3v) is 7.35. The molecule has 0 saturated carbocycles. The highest BCUT2D eigenvalue weighted by molar-refractivity contribution is 6.02. The van der Waals surface area contributed by atoms with Gasteiger partial charge in [0.1, 0.15) is 16.8 Å². The largest absolute Gasteiger partial charge is 0.444 e. The van der Waals surface area contributed by atoms with Gasteiger partial charge in [0, 0.05) is 18.7 Å². The SMILES string of the molecule is CC(C)(C)OC(=O)NCCCCCCCCCCC(=O)Nc1ccc(CCc2ccc(N=C(NC(=O)OC(C)(C)C)NC(=O)OC(C)(C)C)cc2)cc1. The molecule has 0 unspecified atom stereocenters. The number of nitrogens with one attached hydrogen (secondary N) is 4. The molecule has 0 saturated heterocycles. The minimum atomic E-state index is -0.757. The van der Waals surface area contributed by atoms with E-state index < -0.39 is 29.0 Å². The van der Waals surface area contributed by atoms with Crippen molar-refractivity contribution in [3.63, 3.8) is 0 Å². The summed E-state index contributed by atoms with van der Waals surface area (Å²) in [6.45, 7) is 16.6. The molecule has 0 aliphatic heterocycles. The monoisotopic (exact) mass is 737 g/mol. The molecule has 0 fully saturated rings. The van der Waals surface area contributed by atoms with Crippen molar-refractivity contribution in [3.8, 4) is 0 Å². The highest BCUT2D eigenvalue weighted by Gasteiger charge is 2.21. The highest BCUT2D eigenvalue weighted by Crippen LogP contribution is 2.18. The maximum absolute atomic E-state index is 12.5. The number of amides is 4. The summed E-state index contributed by atoms with van der Waals surface area (Å²) in [6, 6.07) is 15.4. The third-order valence-electron chi connectivity index (χ3n) is 7.35. The highest BCUT2D eigenvalue weighted by atomic mass is 16.6. The topological polar surface area (TPSA) is 156 Å². The average molecular weight is 738 g/mol. The number of nitrogens with zero attached hydrogens (tertiary/aromatic N) is 1. The number of ether oxygens (including phenoxy) is 3. The average Bonchev–Trinajstić information content (AvgIpc) is 3.01. The molecule has 0 atom stereocenters. The van der Waals surface area contributed by atoms with Crippen LogP contribution in [0.25, 0.3) is 0 Å². The van der Waals surface area contributed by atoms with E-state index in [9.17, 15) is 19.2 Å². The lowest BCUT2D eigenvalue weighted by molar-refractivity contribution is -0.116. The minimum Gasteiger partial charge on any atom is -0.444 e. The van der Waals surface area contributed by atoms with Crippen LogP contribution in [0.4, 0.5) is 25.8 Å². The summed E-state index contributed by atoms with van der Waals surface area (Å²) in [5.74, 6) is -0.0804. The van der Waals surface area contributed by atoms with E-state index in [1.54, 1.807) is 53.7 Å². The fourth-order valence-electron chi connectivity index (χ4n) is 5.00. The quantitative estimate of drug-likeness (QED) is 0.0579. The predicted molar refractivity (Wildman–Crippen MR) is 211 cm³/mol. The van der Waals surface area contributed by atoms with Gasteiger partial charge in [-0.3, -0.25) is 15.4 Å². The Hall–Kier alpha value is -4.61. The van der Waals surface area contributed by atoms with Crippen molar-refractivity contribution in [1.29, 1.82) is 0 Å². The van der Waals surface area contributed by atoms with Gasteiger partial charge in [0.05, 0.1) is 5.69 Å². The van der Waals surface area contributed by atoms with Crippen LogP contribution in [0.1, 0.15) is 131 Å². The van der Waals surface area contributed by atoms with Crippen molar-refractivity contribution in [2.45, 2.75) is 150 Å². The minimum absolute atomic E-state index is 0.0312. The standard InChI is InChI=1S/C41H63N5O7/c1-39(2,3)51-36(48)42-29-17-15-13-11-10-12-14-16-18-34(47)43-32-25-21-30(22-26-32)19-20-31-23-27-33(28-24-31)44-35(45-37(49)52-40(4,5)6)46-38(50)53-41(7,8)9/h21-28H,10-20,29H2,1-9H3,(H,42,48)(H,43,47)(H2,44,45,46,49,50). The number of carbonyl (C=O) groups excluding carboxylic acids is 4. The number of carbonyl (C=O) groups is 4. The van der Waals surface area contributed by atoms with Crippen LogP contribution in [-0.2, 0) is 31.8 Å². The molecule has 12 nitrogen and oxygen atoms in total. The summed E-state index contributed by atoms with van der Waals surface area (Å²) >= 11 is 0. The smallest absolute Gasteiger partial charge is 0.414 e. The first kappa shape index (κ1) is 44.6. The van der Waals surface area contributed by atoms with Crippen molar-refractivity contribution < 1.29 is 33.4 Å². The summed E-state index contributed by atoms with van der Waals surface area (Å²) in [7, 11) is 0. The maximum atomic E-state index is 12.5. The number of benzene rings is 2. The Morgan fingerprint density at radius 2 is 0.962 bits per heavy atom. The number of aliphatic imine (C=N–C) groups is 1. The molecule has 12 heteroatoms. The van der Waals surface area contributed by atoms with Crippen molar-refractivity contribution in [2.75, 3.05) is 11.9 Å². The lowest BCUT2D eigenvalue weighted by atomic mass is 10.0. The summed E-state index contributed by atoms with van der Waals surface area (Å²) in [6.07, 6.45) is 8.75. The van der Waals surface area contributed by atoms with E-state index in [1.165, 1.54) is 0 Å². The molecule has 4 amide bonds. The van der Waals surface area contributed by atoms with Gasteiger partial charge < -0.3 is 24.8 Å². The Labute approximate surface area is 316 Å². The number of rotatable bonds is 16. The van der Waals surface area contributed by atoms with E-state index in [1.807, 2.05) is 57.2 Å². The van der Waals surface area contributed by atoms with Gasteiger partial charge in [-0.05, 0) is 123 Å². The molecule has 2 aromatic rings. The van der Waals surface area contributed by atoms with Crippen LogP contribution >= 0.6 is 0 Å². The van der Waals surface area contributed by atoms with Gasteiger partial charge in [-0.2, -0.15) is 0 Å². The van der Waals surface area contributed by atoms with Crippen LogP contribution in [0.3, 0.4) is 0 Å². The zero-order valence-corrected chi connectivity index (χ0v) is 33.4. The Bertz CT molecular complexity index is 1440. The first-order valence-electron chi connectivity index (χ1n) is 18.8. The fourth-order valence-corrected chi connectivity index (χ4v) is 5.00. The Morgan fingerprint density at radius 3 is 1.43 bits per heavy atom. The van der Waals surface area contributed by atoms with Gasteiger partial charge in [0.15, 0.2) is 0 Å². The van der Waals surface area contributed by atoms with E-state index >= 15 is 0 Å². The second kappa shape index (κ2) is 21.8. The number of anilines is 1. The predicted octanol–water partition coefficient (Wildman–Crippen LogP) is 9.48. The lowest BCUT2D eigenvalue weighted by Gasteiger charge is -2.22. The van der Waals surface area contributed by atoms with Crippen LogP contribution in [0.15, 0.2) is 53.5 Å². The third kappa shape index (κ3) is 22.8. The molecule has 4 N–H and O–H groups in total. The number of aryl methyl sites for hydroxylation is 2. The molecule has 0 spiro atoms. The number of guanidine groups is 1. The van der Waals surface area contributed by atoms with Gasteiger partial charge in [0.25, 0.3) is 0 Å². The Kier molecular flexibility index (Phi) is 18.3. The number of hydrogen-bond acceptors (Lipinski definition) is 8. The lowest BCUT2D eigenvalue weighted by Crippen LogP contribution is -2.47. The molecule has 294 valence electrons. The summed E-state index contributed by atoms with van der Waals surface area (Å²) < 4.78 is 15.9. The Balaban J connectivity index is 1.71. The summed E-state index contributed by atoms with van der Waals surface area (Å²) in [4.78, 5) is 53.3. The first-order chi connectivity index (χ1) is 24.8. The van der Waals surface area contributed by atoms with Crippen LogP contribution in [-0.4, -0.2) is 53.5 Å². The molecule has 2 rings (SSSR count). The van der Waals surface area contributed by atoms with Gasteiger partial charge >= 0.3 is 18.3 Å². The number of hydrogen-bond donors (Lipinski definition) is 4. The zero-order chi connectivity index (χ0) is 39.5. The van der Waals surface area contributed by atoms with Gasteiger partial charge in [-0.15, -0.1) is 0 Å². The van der Waals surface area contributed by atoms with Crippen molar-refractivity contribution in [1.82, 2.24) is 16.0 Å². The second-order valence-electron chi connectivity index (χ2n) is 16.1. The molecule has 0 radical (unpaired) electrons. The molecule has 0 aliphatic rings. The molecular formula is C41H63N5O7. The molecular weight excluding hydrogens is 674 g/mol. The van der Waals surface area contributed by atoms with Gasteiger partial charge in [-0.1, -0.05) is 62.8 Å². The number of unbranched alkanes of at least 4 members (excludes halogenated alkanes) is 7. The molecule has 0 aliphatic carbocycles. The second-order valence-corrected chi connectivity index (χ2v) is 16.1. The normalized spacial score (nSPS) is 11.6. The maximum Gasteiger partial charge on any atom is 0.414 e. The first-order valence-corrected chi connectivity index (χ1v) is 18.8. The molecule has 0 bridgehead atoms. The van der Waals surface area contributed by atoms with Gasteiger partial charge in [-0.25, -0.2) is 19.4 Å². The number of alkyl carbamates (subject to hydrolysis) is 3. The molecule has 0 aromatic heterocycles. The molecule has 0 heterocycles. The summed E-state index contributed by atoms with van der Waals surface area (Å²) in [5, 5.41) is 10.8. The fraction of sp³-hybridized carbons (Fsp3) is 0.585. The zero-order valence-electron chi connectivity index (χ0n) is 33.4. The van der Waals surface area contributed by atoms with E-state index in [2.05, 4.69) is 26.3 Å². The van der Waals surface area contributed by atoms with Crippen LogP contribution in [0, 0.1) is 0 Å². The van der Waals surface area contributed by atoms with Crippen LogP contribution in [0.5, 0.6) is 0 Å². The van der Waals surface area contributed by atoms with E-state index in [4.69, 9.17) is 14.2 Å². The van der Waals surface area contributed by atoms with Crippen molar-refractivity contribution >= 4 is 41.5 Å². The molecule has 2 aromatic carbocycles.